The number of likely N-dealkylation sites (tertiary alicyclic amines) is 1. The van der Waals surface area contributed by atoms with Gasteiger partial charge >= 0.3 is 0 Å². The summed E-state index contributed by atoms with van der Waals surface area (Å²) in [5.41, 5.74) is 2.79. The largest absolute Gasteiger partial charge is 0.493 e. The van der Waals surface area contributed by atoms with Crippen LogP contribution in [0.25, 0.3) is 0 Å². The van der Waals surface area contributed by atoms with Gasteiger partial charge in [0.1, 0.15) is 11.9 Å². The molecule has 0 atom stereocenters. The fraction of sp³-hybridized carbons (Fsp3) is 0.650. The van der Waals surface area contributed by atoms with Crippen LogP contribution in [0.5, 0.6) is 5.75 Å². The second-order valence-corrected chi connectivity index (χ2v) is 7.30. The quantitative estimate of drug-likeness (QED) is 0.663. The van der Waals surface area contributed by atoms with Gasteiger partial charge in [-0.25, -0.2) is 4.39 Å². The number of hydrogen-bond acceptors (Lipinski definition) is 2. The highest BCUT2D eigenvalue weighted by atomic mass is 19.1. The third-order valence-corrected chi connectivity index (χ3v) is 4.51. The number of hydrogen-bond donors (Lipinski definition) is 0. The predicted octanol–water partition coefficient (Wildman–Crippen LogP) is 4.91. The van der Waals surface area contributed by atoms with E-state index in [1.165, 1.54) is 0 Å². The Kier molecular flexibility index (Phi) is 6.25. The van der Waals surface area contributed by atoms with Crippen LogP contribution in [0.2, 0.25) is 0 Å². The zero-order valence-electron chi connectivity index (χ0n) is 15.6. The smallest absolute Gasteiger partial charge is 0.254 e. The van der Waals surface area contributed by atoms with Crippen molar-refractivity contribution in [1.29, 1.82) is 0 Å². The van der Waals surface area contributed by atoms with Crippen molar-refractivity contribution in [2.45, 2.75) is 65.5 Å². The lowest BCUT2D eigenvalue weighted by Crippen LogP contribution is -2.51. The second-order valence-electron chi connectivity index (χ2n) is 7.30. The molecule has 0 unspecified atom stereocenters. The van der Waals surface area contributed by atoms with E-state index in [2.05, 4.69) is 34.6 Å². The fourth-order valence-corrected chi connectivity index (χ4v) is 2.91. The highest BCUT2D eigenvalue weighted by molar-refractivity contribution is 5.95. The summed E-state index contributed by atoms with van der Waals surface area (Å²) in [6.07, 6.45) is 1.23. The van der Waals surface area contributed by atoms with Crippen molar-refractivity contribution in [3.05, 3.63) is 28.8 Å². The van der Waals surface area contributed by atoms with Crippen LogP contribution in [0.15, 0.2) is 12.1 Å². The molecule has 0 aromatic heterocycles. The molecule has 0 aliphatic carbocycles. The number of carbonyl (C=O) groups is 1. The summed E-state index contributed by atoms with van der Waals surface area (Å²) in [7, 11) is 0. The number of nitrogens with zero attached hydrogens (tertiary/aromatic N) is 1. The van der Waals surface area contributed by atoms with Crippen molar-refractivity contribution >= 4 is 5.91 Å². The molecule has 1 aromatic carbocycles. The number of halogens is 1. The molecular weight excluding hydrogens is 305 g/mol. The Morgan fingerprint density at radius 2 is 1.75 bits per heavy atom. The number of ether oxygens (including phenoxy) is 1. The topological polar surface area (TPSA) is 29.5 Å². The van der Waals surface area contributed by atoms with Crippen LogP contribution in [0.1, 0.15) is 80.8 Å². The Morgan fingerprint density at radius 3 is 2.17 bits per heavy atom. The summed E-state index contributed by atoms with van der Waals surface area (Å²) in [5, 5.41) is 0. The summed E-state index contributed by atoms with van der Waals surface area (Å²) in [6, 6.07) is 3.87. The van der Waals surface area contributed by atoms with Crippen molar-refractivity contribution < 1.29 is 13.9 Å². The molecule has 2 rings (SSSR count). The molecule has 1 aliphatic rings. The van der Waals surface area contributed by atoms with E-state index in [0.717, 1.165) is 29.7 Å². The lowest BCUT2D eigenvalue weighted by molar-refractivity contribution is 0.0400. The summed E-state index contributed by atoms with van der Waals surface area (Å²) >= 11 is 0. The van der Waals surface area contributed by atoms with Crippen LogP contribution in [-0.2, 0) is 0 Å². The Morgan fingerprint density at radius 1 is 1.21 bits per heavy atom. The van der Waals surface area contributed by atoms with Crippen molar-refractivity contribution in [2.24, 2.45) is 0 Å². The molecule has 0 radical (unpaired) electrons. The van der Waals surface area contributed by atoms with Gasteiger partial charge in [0.2, 0.25) is 0 Å². The molecule has 1 aromatic rings. The van der Waals surface area contributed by atoms with Crippen molar-refractivity contribution in [3.63, 3.8) is 0 Å². The van der Waals surface area contributed by atoms with E-state index in [9.17, 15) is 9.18 Å². The van der Waals surface area contributed by atoms with Crippen LogP contribution < -0.4 is 4.74 Å². The number of unbranched alkanes of at least 4 members (excludes halogenated alkanes) is 1. The van der Waals surface area contributed by atoms with E-state index in [-0.39, 0.29) is 30.8 Å². The molecule has 134 valence electrons. The molecule has 1 amide bonds. The first-order valence-corrected chi connectivity index (χ1v) is 9.09. The van der Waals surface area contributed by atoms with E-state index in [0.29, 0.717) is 12.2 Å². The zero-order valence-corrected chi connectivity index (χ0v) is 15.6. The molecule has 0 spiro atoms. The summed E-state index contributed by atoms with van der Waals surface area (Å²) < 4.78 is 19.2. The average Bonchev–Trinajstić information content (AvgIpc) is 2.50. The number of benzene rings is 1. The Balaban J connectivity index is 2.38. The highest BCUT2D eigenvalue weighted by Gasteiger charge is 2.32. The third kappa shape index (κ3) is 4.08. The summed E-state index contributed by atoms with van der Waals surface area (Å²) in [5.74, 6) is 1.37. The fourth-order valence-electron chi connectivity index (χ4n) is 2.91. The van der Waals surface area contributed by atoms with E-state index < -0.39 is 6.17 Å². The molecule has 0 bridgehead atoms. The minimum Gasteiger partial charge on any atom is -0.493 e. The Labute approximate surface area is 145 Å². The van der Waals surface area contributed by atoms with E-state index in [1.807, 2.05) is 12.1 Å². The van der Waals surface area contributed by atoms with Gasteiger partial charge in [-0.1, -0.05) is 41.0 Å². The first-order valence-electron chi connectivity index (χ1n) is 9.09. The average molecular weight is 335 g/mol. The molecule has 1 aliphatic heterocycles. The minimum atomic E-state index is -0.875. The van der Waals surface area contributed by atoms with Crippen molar-refractivity contribution in [1.82, 2.24) is 4.90 Å². The zero-order chi connectivity index (χ0) is 17.9. The van der Waals surface area contributed by atoms with Gasteiger partial charge in [0.25, 0.3) is 5.91 Å². The SMILES string of the molecule is CCCCOc1c(C(C)C)cc(C(=O)N2CC(F)C2)cc1C(C)C. The number of carbonyl (C=O) groups excluding carboxylic acids is 1. The lowest BCUT2D eigenvalue weighted by atomic mass is 9.90. The number of alkyl halides is 1. The number of amides is 1. The molecule has 1 fully saturated rings. The molecule has 0 saturated carbocycles. The maximum atomic E-state index is 13.1. The predicted molar refractivity (Wildman–Crippen MR) is 95.8 cm³/mol. The molecule has 1 heterocycles. The molecule has 4 heteroatoms. The first-order chi connectivity index (χ1) is 11.3. The van der Waals surface area contributed by atoms with E-state index in [4.69, 9.17) is 4.74 Å². The van der Waals surface area contributed by atoms with E-state index >= 15 is 0 Å². The van der Waals surface area contributed by atoms with Crippen LogP contribution in [0, 0.1) is 0 Å². The molecule has 1 saturated heterocycles. The Bertz CT molecular complexity index is 548. The Hall–Kier alpha value is -1.58. The van der Waals surface area contributed by atoms with Gasteiger partial charge in [-0.3, -0.25) is 4.79 Å². The van der Waals surface area contributed by atoms with Crippen molar-refractivity contribution in [3.8, 4) is 5.75 Å². The van der Waals surface area contributed by atoms with E-state index in [1.54, 1.807) is 4.90 Å². The maximum Gasteiger partial charge on any atom is 0.254 e. The maximum absolute atomic E-state index is 13.1. The van der Waals surface area contributed by atoms with Crippen LogP contribution in [0.3, 0.4) is 0 Å². The van der Waals surface area contributed by atoms with Gasteiger partial charge in [0, 0.05) is 5.56 Å². The molecule has 3 nitrogen and oxygen atoms in total. The standard InChI is InChI=1S/C20H30FNO2/c1-6-7-8-24-19-17(13(2)3)9-15(10-18(19)14(4)5)20(23)22-11-16(21)12-22/h9-10,13-14,16H,6-8,11-12H2,1-5H3. The van der Waals surface area contributed by atoms with Gasteiger partial charge in [-0.05, 0) is 41.5 Å². The lowest BCUT2D eigenvalue weighted by Gasteiger charge is -2.34. The minimum absolute atomic E-state index is 0.0761. The van der Waals surface area contributed by atoms with Crippen LogP contribution >= 0.6 is 0 Å². The second kappa shape index (κ2) is 8.00. The van der Waals surface area contributed by atoms with Gasteiger partial charge in [-0.2, -0.15) is 0 Å². The normalized spacial score (nSPS) is 15.1. The molecule has 24 heavy (non-hydrogen) atoms. The third-order valence-electron chi connectivity index (χ3n) is 4.51. The van der Waals surface area contributed by atoms with Gasteiger partial charge in [0.15, 0.2) is 0 Å². The summed E-state index contributed by atoms with van der Waals surface area (Å²) in [4.78, 5) is 14.2. The van der Waals surface area contributed by atoms with Gasteiger partial charge in [0.05, 0.1) is 19.7 Å². The highest BCUT2D eigenvalue weighted by Crippen LogP contribution is 2.36. The van der Waals surface area contributed by atoms with Gasteiger partial charge < -0.3 is 9.64 Å². The molecular formula is C20H30FNO2. The molecule has 0 N–H and O–H groups in total. The summed E-state index contributed by atoms with van der Waals surface area (Å²) in [6.45, 7) is 11.7. The monoisotopic (exact) mass is 335 g/mol. The first kappa shape index (κ1) is 18.8. The van der Waals surface area contributed by atoms with Crippen LogP contribution in [-0.4, -0.2) is 36.7 Å². The number of rotatable bonds is 7. The van der Waals surface area contributed by atoms with Crippen molar-refractivity contribution in [2.75, 3.05) is 19.7 Å². The van der Waals surface area contributed by atoms with Gasteiger partial charge in [-0.15, -0.1) is 0 Å². The van der Waals surface area contributed by atoms with Crippen LogP contribution in [0.4, 0.5) is 4.39 Å².